The molecule has 16 heavy (non-hydrogen) atoms. The van der Waals surface area contributed by atoms with Crippen LogP contribution in [0.3, 0.4) is 0 Å². The fourth-order valence-electron chi connectivity index (χ4n) is 1.46. The van der Waals surface area contributed by atoms with Crippen LogP contribution in [0.4, 0.5) is 4.39 Å². The predicted molar refractivity (Wildman–Crippen MR) is 62.2 cm³/mol. The molecule has 2 aromatic carbocycles. The van der Waals surface area contributed by atoms with Gasteiger partial charge in [-0.3, -0.25) is 4.79 Å². The average molecular weight is 235 g/mol. The third kappa shape index (κ3) is 2.12. The van der Waals surface area contributed by atoms with Gasteiger partial charge in [0.05, 0.1) is 0 Å². The molecule has 2 aromatic rings. The van der Waals surface area contributed by atoms with E-state index in [0.717, 1.165) is 11.8 Å². The summed E-state index contributed by atoms with van der Waals surface area (Å²) in [6.07, 6.45) is 0.761. The Balaban J connectivity index is 2.49. The number of aldehydes is 1. The molecule has 0 spiro atoms. The number of carbonyl (C=O) groups excluding carboxylic acids is 1. The smallest absolute Gasteiger partial charge is 0.150 e. The molecule has 0 N–H and O–H groups in total. The second-order valence-corrected chi connectivity index (χ2v) is 3.77. The number of hydrogen-bond acceptors (Lipinski definition) is 1. The van der Waals surface area contributed by atoms with Crippen LogP contribution in [0.2, 0.25) is 5.02 Å². The van der Waals surface area contributed by atoms with E-state index in [-0.39, 0.29) is 5.82 Å². The normalized spacial score (nSPS) is 10.1. The molecular formula is C13H8ClFO. The SMILES string of the molecule is O=Cc1ccc(-c2cc(F)ccc2Cl)cc1. The van der Waals surface area contributed by atoms with Crippen molar-refractivity contribution in [1.82, 2.24) is 0 Å². The zero-order valence-electron chi connectivity index (χ0n) is 8.28. The Kier molecular flexibility index (Phi) is 3.02. The highest BCUT2D eigenvalue weighted by Crippen LogP contribution is 2.28. The molecule has 0 saturated heterocycles. The molecule has 0 aliphatic rings. The summed E-state index contributed by atoms with van der Waals surface area (Å²) in [6, 6.07) is 11.0. The molecule has 0 aliphatic heterocycles. The first kappa shape index (κ1) is 10.8. The Labute approximate surface area is 97.5 Å². The standard InChI is InChI=1S/C13H8ClFO/c14-13-6-5-11(15)7-12(13)10-3-1-9(8-16)2-4-10/h1-8H. The summed E-state index contributed by atoms with van der Waals surface area (Å²) in [7, 11) is 0. The van der Waals surface area contributed by atoms with E-state index < -0.39 is 0 Å². The summed E-state index contributed by atoms with van der Waals surface area (Å²) in [5.74, 6) is -0.334. The second kappa shape index (κ2) is 4.45. The van der Waals surface area contributed by atoms with Crippen molar-refractivity contribution in [3.05, 3.63) is 58.9 Å². The van der Waals surface area contributed by atoms with Gasteiger partial charge in [-0.1, -0.05) is 35.9 Å². The zero-order chi connectivity index (χ0) is 11.5. The van der Waals surface area contributed by atoms with Gasteiger partial charge in [0.1, 0.15) is 12.1 Å². The maximum atomic E-state index is 13.1. The number of halogens is 2. The lowest BCUT2D eigenvalue weighted by Gasteiger charge is -2.04. The molecule has 0 aliphatic carbocycles. The van der Waals surface area contributed by atoms with Crippen LogP contribution in [0.1, 0.15) is 10.4 Å². The number of benzene rings is 2. The van der Waals surface area contributed by atoms with Crippen LogP contribution in [0.5, 0.6) is 0 Å². The molecule has 2 rings (SSSR count). The molecule has 1 nitrogen and oxygen atoms in total. The lowest BCUT2D eigenvalue weighted by Crippen LogP contribution is -1.84. The van der Waals surface area contributed by atoms with Gasteiger partial charge in [0.25, 0.3) is 0 Å². The third-order valence-corrected chi connectivity index (χ3v) is 2.62. The summed E-state index contributed by atoms with van der Waals surface area (Å²) in [5, 5.41) is 0.486. The number of hydrogen-bond donors (Lipinski definition) is 0. The van der Waals surface area contributed by atoms with E-state index in [1.807, 2.05) is 0 Å². The van der Waals surface area contributed by atoms with E-state index in [9.17, 15) is 9.18 Å². The Morgan fingerprint density at radius 1 is 1.06 bits per heavy atom. The van der Waals surface area contributed by atoms with Crippen LogP contribution in [0, 0.1) is 5.82 Å². The summed E-state index contributed by atoms with van der Waals surface area (Å²) in [6.45, 7) is 0. The molecule has 0 saturated carbocycles. The molecule has 0 radical (unpaired) electrons. The van der Waals surface area contributed by atoms with Crippen molar-refractivity contribution in [2.24, 2.45) is 0 Å². The van der Waals surface area contributed by atoms with Crippen LogP contribution in [0.15, 0.2) is 42.5 Å². The van der Waals surface area contributed by atoms with E-state index in [4.69, 9.17) is 11.6 Å². The minimum Gasteiger partial charge on any atom is -0.298 e. The summed E-state index contributed by atoms with van der Waals surface area (Å²) < 4.78 is 13.1. The predicted octanol–water partition coefficient (Wildman–Crippen LogP) is 3.96. The van der Waals surface area contributed by atoms with Gasteiger partial charge >= 0.3 is 0 Å². The quantitative estimate of drug-likeness (QED) is 0.719. The first-order valence-corrected chi connectivity index (χ1v) is 5.09. The van der Waals surface area contributed by atoms with Crippen molar-refractivity contribution in [3.8, 4) is 11.1 Å². The van der Waals surface area contributed by atoms with Gasteiger partial charge in [0.2, 0.25) is 0 Å². The first-order valence-electron chi connectivity index (χ1n) is 4.71. The lowest BCUT2D eigenvalue weighted by atomic mass is 10.0. The Morgan fingerprint density at radius 3 is 2.38 bits per heavy atom. The molecule has 0 heterocycles. The van der Waals surface area contributed by atoms with Crippen LogP contribution in [-0.4, -0.2) is 6.29 Å². The van der Waals surface area contributed by atoms with E-state index in [1.54, 1.807) is 24.3 Å². The van der Waals surface area contributed by atoms with Gasteiger partial charge in [-0.25, -0.2) is 4.39 Å². The van der Waals surface area contributed by atoms with E-state index in [2.05, 4.69) is 0 Å². The van der Waals surface area contributed by atoms with Crippen LogP contribution in [0.25, 0.3) is 11.1 Å². The Morgan fingerprint density at radius 2 is 1.75 bits per heavy atom. The third-order valence-electron chi connectivity index (χ3n) is 2.29. The Hall–Kier alpha value is -1.67. The highest BCUT2D eigenvalue weighted by atomic mass is 35.5. The van der Waals surface area contributed by atoms with Crippen molar-refractivity contribution >= 4 is 17.9 Å². The average Bonchev–Trinajstić information content (AvgIpc) is 2.32. The summed E-state index contributed by atoms with van der Waals surface area (Å²) in [4.78, 5) is 10.5. The molecule has 0 fully saturated rings. The van der Waals surface area contributed by atoms with Crippen LogP contribution in [-0.2, 0) is 0 Å². The van der Waals surface area contributed by atoms with Crippen molar-refractivity contribution < 1.29 is 9.18 Å². The fraction of sp³-hybridized carbons (Fsp3) is 0. The van der Waals surface area contributed by atoms with Gasteiger partial charge in [-0.15, -0.1) is 0 Å². The topological polar surface area (TPSA) is 17.1 Å². The summed E-state index contributed by atoms with van der Waals surface area (Å²) in [5.41, 5.74) is 1.99. The van der Waals surface area contributed by atoms with Crippen LogP contribution < -0.4 is 0 Å². The molecule has 0 amide bonds. The van der Waals surface area contributed by atoms with Crippen molar-refractivity contribution in [1.29, 1.82) is 0 Å². The highest BCUT2D eigenvalue weighted by molar-refractivity contribution is 6.33. The van der Waals surface area contributed by atoms with Crippen molar-refractivity contribution in [2.45, 2.75) is 0 Å². The van der Waals surface area contributed by atoms with Gasteiger partial charge in [0, 0.05) is 16.1 Å². The second-order valence-electron chi connectivity index (χ2n) is 3.36. The van der Waals surface area contributed by atoms with E-state index in [1.165, 1.54) is 18.2 Å². The molecule has 80 valence electrons. The maximum Gasteiger partial charge on any atom is 0.150 e. The van der Waals surface area contributed by atoms with Crippen molar-refractivity contribution in [3.63, 3.8) is 0 Å². The molecule has 0 unspecified atom stereocenters. The minimum absolute atomic E-state index is 0.334. The first-order chi connectivity index (χ1) is 7.70. The maximum absolute atomic E-state index is 13.1. The molecule has 0 atom stereocenters. The molecule has 3 heteroatoms. The monoisotopic (exact) mass is 234 g/mol. The molecule has 0 aromatic heterocycles. The summed E-state index contributed by atoms with van der Waals surface area (Å²) >= 11 is 5.97. The Bertz CT molecular complexity index is 520. The van der Waals surface area contributed by atoms with E-state index in [0.29, 0.717) is 16.1 Å². The van der Waals surface area contributed by atoms with Gasteiger partial charge in [-0.05, 0) is 23.8 Å². The fourth-order valence-corrected chi connectivity index (χ4v) is 1.69. The van der Waals surface area contributed by atoms with Crippen LogP contribution >= 0.6 is 11.6 Å². The molecule has 0 bridgehead atoms. The largest absolute Gasteiger partial charge is 0.298 e. The molecular weight excluding hydrogens is 227 g/mol. The number of carbonyl (C=O) groups is 1. The lowest BCUT2D eigenvalue weighted by molar-refractivity contribution is 0.112. The number of rotatable bonds is 2. The van der Waals surface area contributed by atoms with Gasteiger partial charge < -0.3 is 0 Å². The van der Waals surface area contributed by atoms with Gasteiger partial charge in [-0.2, -0.15) is 0 Å². The highest BCUT2D eigenvalue weighted by Gasteiger charge is 2.04. The zero-order valence-corrected chi connectivity index (χ0v) is 9.04. The minimum atomic E-state index is -0.334. The van der Waals surface area contributed by atoms with Gasteiger partial charge in [0.15, 0.2) is 0 Å². The van der Waals surface area contributed by atoms with E-state index >= 15 is 0 Å². The van der Waals surface area contributed by atoms with Crippen molar-refractivity contribution in [2.75, 3.05) is 0 Å².